The molecule has 160 valence electrons. The second-order valence-electron chi connectivity index (χ2n) is 8.68. The number of benzene rings is 2. The van der Waals surface area contributed by atoms with Crippen LogP contribution < -0.4 is 10.2 Å². The summed E-state index contributed by atoms with van der Waals surface area (Å²) < 4.78 is 0. The number of hydrogen-bond acceptors (Lipinski definition) is 4. The molecule has 0 atom stereocenters. The van der Waals surface area contributed by atoms with Crippen LogP contribution in [0.5, 0.6) is 0 Å². The van der Waals surface area contributed by atoms with E-state index in [0.717, 1.165) is 22.4 Å². The number of allylic oxidation sites excluding steroid dienone is 1. The molecule has 0 unspecified atom stereocenters. The van der Waals surface area contributed by atoms with Gasteiger partial charge in [0, 0.05) is 23.3 Å². The SMILES string of the molecule is CC1=CC(C)(C)N(C)c2cc(C)c(/C=C3/SC(=Nc4cc(Cl)ccc4C)NC3=O)cc21. The third-order valence-corrected chi connectivity index (χ3v) is 7.08. The smallest absolute Gasteiger partial charge is 0.264 e. The lowest BCUT2D eigenvalue weighted by molar-refractivity contribution is -0.115. The topological polar surface area (TPSA) is 44.7 Å². The number of carbonyl (C=O) groups is 1. The molecule has 0 bridgehead atoms. The van der Waals surface area contributed by atoms with Crippen molar-refractivity contribution in [2.75, 3.05) is 11.9 Å². The van der Waals surface area contributed by atoms with Crippen molar-refractivity contribution in [1.29, 1.82) is 0 Å². The first kappa shape index (κ1) is 21.7. The summed E-state index contributed by atoms with van der Waals surface area (Å²) in [4.78, 5) is 20.1. The van der Waals surface area contributed by atoms with Crippen LogP contribution in [-0.2, 0) is 4.79 Å². The summed E-state index contributed by atoms with van der Waals surface area (Å²) in [5, 5.41) is 4.06. The summed E-state index contributed by atoms with van der Waals surface area (Å²) in [5.41, 5.74) is 7.56. The van der Waals surface area contributed by atoms with Crippen molar-refractivity contribution in [2.45, 2.75) is 40.2 Å². The minimum absolute atomic E-state index is 0.0332. The van der Waals surface area contributed by atoms with Crippen LogP contribution in [0.15, 0.2) is 46.3 Å². The number of thioether (sulfide) groups is 1. The molecule has 4 nitrogen and oxygen atoms in total. The lowest BCUT2D eigenvalue weighted by Crippen LogP contribution is -2.42. The fourth-order valence-corrected chi connectivity index (χ4v) is 4.90. The number of aliphatic imine (C=N–C) groups is 1. The largest absolute Gasteiger partial charge is 0.365 e. The zero-order chi connectivity index (χ0) is 22.5. The monoisotopic (exact) mass is 451 g/mol. The minimum Gasteiger partial charge on any atom is -0.365 e. The zero-order valence-electron chi connectivity index (χ0n) is 18.6. The van der Waals surface area contributed by atoms with Gasteiger partial charge in [-0.05, 0) is 99.0 Å². The number of fused-ring (bicyclic) bond motifs is 1. The van der Waals surface area contributed by atoms with Crippen LogP contribution in [0.25, 0.3) is 11.6 Å². The number of amides is 1. The number of hydrogen-bond donors (Lipinski definition) is 1. The van der Waals surface area contributed by atoms with Gasteiger partial charge in [-0.3, -0.25) is 4.79 Å². The molecule has 0 aromatic heterocycles. The maximum atomic E-state index is 12.6. The Morgan fingerprint density at radius 2 is 1.87 bits per heavy atom. The van der Waals surface area contributed by atoms with E-state index in [9.17, 15) is 4.79 Å². The van der Waals surface area contributed by atoms with Gasteiger partial charge in [0.2, 0.25) is 0 Å². The fourth-order valence-electron chi connectivity index (χ4n) is 3.91. The predicted molar refractivity (Wildman–Crippen MR) is 134 cm³/mol. The Kier molecular flexibility index (Phi) is 5.52. The van der Waals surface area contributed by atoms with E-state index >= 15 is 0 Å². The van der Waals surface area contributed by atoms with Crippen molar-refractivity contribution in [3.05, 3.63) is 68.6 Å². The summed E-state index contributed by atoms with van der Waals surface area (Å²) in [6.45, 7) is 10.6. The third kappa shape index (κ3) is 4.17. The molecule has 0 spiro atoms. The molecule has 1 saturated heterocycles. The van der Waals surface area contributed by atoms with E-state index in [0.29, 0.717) is 15.1 Å². The number of amidine groups is 1. The number of nitrogens with zero attached hydrogens (tertiary/aromatic N) is 2. The average Bonchev–Trinajstić information content (AvgIpc) is 3.03. The highest BCUT2D eigenvalue weighted by Gasteiger charge is 2.29. The first-order valence-corrected chi connectivity index (χ1v) is 11.4. The highest BCUT2D eigenvalue weighted by atomic mass is 35.5. The zero-order valence-corrected chi connectivity index (χ0v) is 20.2. The number of halogens is 1. The lowest BCUT2D eigenvalue weighted by atomic mass is 9.87. The van der Waals surface area contributed by atoms with Crippen LogP contribution >= 0.6 is 23.4 Å². The molecule has 2 aliphatic rings. The molecular weight excluding hydrogens is 426 g/mol. The molecule has 4 rings (SSSR count). The van der Waals surface area contributed by atoms with Crippen LogP contribution in [-0.4, -0.2) is 23.7 Å². The number of carbonyl (C=O) groups excluding carboxylic acids is 1. The normalized spacial score (nSPS) is 20.2. The molecule has 2 aliphatic heterocycles. The first-order valence-electron chi connectivity index (χ1n) is 10.2. The Labute approximate surface area is 193 Å². The van der Waals surface area contributed by atoms with Crippen molar-refractivity contribution in [1.82, 2.24) is 5.32 Å². The van der Waals surface area contributed by atoms with E-state index in [1.54, 1.807) is 6.07 Å². The van der Waals surface area contributed by atoms with Crippen molar-refractivity contribution >= 4 is 57.5 Å². The van der Waals surface area contributed by atoms with Crippen LogP contribution in [0.4, 0.5) is 11.4 Å². The lowest BCUT2D eigenvalue weighted by Gasteiger charge is -2.41. The van der Waals surface area contributed by atoms with Gasteiger partial charge in [0.05, 0.1) is 16.1 Å². The van der Waals surface area contributed by atoms with E-state index in [1.807, 2.05) is 25.1 Å². The van der Waals surface area contributed by atoms with Crippen LogP contribution in [0.3, 0.4) is 0 Å². The van der Waals surface area contributed by atoms with E-state index in [2.05, 4.69) is 68.2 Å². The molecule has 2 aromatic rings. The van der Waals surface area contributed by atoms with Crippen molar-refractivity contribution in [2.24, 2.45) is 4.99 Å². The molecule has 2 aromatic carbocycles. The molecule has 31 heavy (non-hydrogen) atoms. The summed E-state index contributed by atoms with van der Waals surface area (Å²) in [5.74, 6) is -0.133. The van der Waals surface area contributed by atoms with Crippen LogP contribution in [0.1, 0.15) is 43.0 Å². The van der Waals surface area contributed by atoms with Gasteiger partial charge in [-0.1, -0.05) is 23.7 Å². The van der Waals surface area contributed by atoms with Crippen molar-refractivity contribution in [3.63, 3.8) is 0 Å². The Morgan fingerprint density at radius 3 is 2.61 bits per heavy atom. The second kappa shape index (κ2) is 7.88. The van der Waals surface area contributed by atoms with Crippen LogP contribution in [0.2, 0.25) is 5.02 Å². The van der Waals surface area contributed by atoms with Gasteiger partial charge >= 0.3 is 0 Å². The molecule has 0 radical (unpaired) electrons. The summed E-state index contributed by atoms with van der Waals surface area (Å²) in [6.07, 6.45) is 4.24. The van der Waals surface area contributed by atoms with Crippen molar-refractivity contribution in [3.8, 4) is 0 Å². The van der Waals surface area contributed by atoms with Gasteiger partial charge in [-0.15, -0.1) is 0 Å². The fraction of sp³-hybridized carbons (Fsp3) is 0.280. The number of aryl methyl sites for hydroxylation is 2. The molecular formula is C25H26ClN3OS. The standard InChI is InChI=1S/C25H26ClN3OS/c1-14-7-8-18(26)12-20(14)27-24-28-23(30)22(31-24)11-17-10-19-16(3)13-25(4,5)29(6)21(19)9-15(17)2/h7-13H,1-6H3,(H,27,28,30)/b22-11+. The van der Waals surface area contributed by atoms with Gasteiger partial charge in [0.25, 0.3) is 5.91 Å². The van der Waals surface area contributed by atoms with Gasteiger partial charge in [0.1, 0.15) is 0 Å². The van der Waals surface area contributed by atoms with Crippen LogP contribution in [0, 0.1) is 13.8 Å². The molecule has 0 aliphatic carbocycles. The number of rotatable bonds is 2. The highest BCUT2D eigenvalue weighted by molar-refractivity contribution is 8.18. The highest BCUT2D eigenvalue weighted by Crippen LogP contribution is 2.40. The molecule has 0 saturated carbocycles. The number of anilines is 1. The van der Waals surface area contributed by atoms with Gasteiger partial charge in [0.15, 0.2) is 5.17 Å². The molecule has 1 N–H and O–H groups in total. The predicted octanol–water partition coefficient (Wildman–Crippen LogP) is 6.48. The molecule has 1 amide bonds. The first-order chi connectivity index (χ1) is 14.5. The maximum Gasteiger partial charge on any atom is 0.264 e. The Hall–Kier alpha value is -2.50. The van der Waals surface area contributed by atoms with E-state index in [1.165, 1.54) is 28.6 Å². The summed E-state index contributed by atoms with van der Waals surface area (Å²) >= 11 is 7.45. The van der Waals surface area contributed by atoms with Gasteiger partial charge < -0.3 is 10.2 Å². The van der Waals surface area contributed by atoms with E-state index in [-0.39, 0.29) is 11.4 Å². The summed E-state index contributed by atoms with van der Waals surface area (Å²) in [6, 6.07) is 9.95. The molecule has 6 heteroatoms. The summed E-state index contributed by atoms with van der Waals surface area (Å²) in [7, 11) is 2.13. The minimum atomic E-state index is -0.133. The van der Waals surface area contributed by atoms with Crippen molar-refractivity contribution < 1.29 is 4.79 Å². The van der Waals surface area contributed by atoms with Gasteiger partial charge in [-0.2, -0.15) is 0 Å². The van der Waals surface area contributed by atoms with E-state index < -0.39 is 0 Å². The number of likely N-dealkylation sites (N-methyl/N-ethyl adjacent to an activating group) is 1. The molecule has 2 heterocycles. The molecule has 1 fully saturated rings. The Balaban J connectivity index is 1.68. The second-order valence-corrected chi connectivity index (χ2v) is 10.1. The Morgan fingerprint density at radius 1 is 1.13 bits per heavy atom. The maximum absolute atomic E-state index is 12.6. The third-order valence-electron chi connectivity index (χ3n) is 5.94. The quantitative estimate of drug-likeness (QED) is 0.531. The van der Waals surface area contributed by atoms with E-state index in [4.69, 9.17) is 11.6 Å². The average molecular weight is 452 g/mol. The Bertz CT molecular complexity index is 1190. The number of nitrogens with one attached hydrogen (secondary N) is 1. The van der Waals surface area contributed by atoms with Gasteiger partial charge in [-0.25, -0.2) is 4.99 Å².